The second kappa shape index (κ2) is 2.89. The van der Waals surface area contributed by atoms with Crippen molar-refractivity contribution in [3.8, 4) is 0 Å². The second-order valence-corrected chi connectivity index (χ2v) is 5.47. The van der Waals surface area contributed by atoms with Crippen molar-refractivity contribution in [1.82, 2.24) is 0 Å². The third kappa shape index (κ3) is 1.03. The van der Waals surface area contributed by atoms with Crippen LogP contribution in [0.1, 0.15) is 32.1 Å². The molecule has 2 aliphatic carbocycles. The van der Waals surface area contributed by atoms with E-state index >= 15 is 0 Å². The van der Waals surface area contributed by atoms with Gasteiger partial charge in [-0.15, -0.1) is 0 Å². The van der Waals surface area contributed by atoms with Crippen molar-refractivity contribution in [1.29, 1.82) is 0 Å². The van der Waals surface area contributed by atoms with E-state index in [2.05, 4.69) is 0 Å². The molecule has 0 radical (unpaired) electrons. The number of halogens is 1. The Labute approximate surface area is 94.1 Å². The molecule has 3 fully saturated rings. The highest BCUT2D eigenvalue weighted by Gasteiger charge is 2.83. The van der Waals surface area contributed by atoms with Crippen LogP contribution < -0.4 is 0 Å². The van der Waals surface area contributed by atoms with Gasteiger partial charge in [0.25, 0.3) is 5.06 Å². The maximum absolute atomic E-state index is 11.5. The Morgan fingerprint density at radius 2 is 2.20 bits per heavy atom. The smallest absolute Gasteiger partial charge is 0.357 e. The Balaban J connectivity index is 1.77. The average Bonchev–Trinajstić information content (AvgIpc) is 2.87. The summed E-state index contributed by atoms with van der Waals surface area (Å²) in [7, 11) is 1.36. The van der Waals surface area contributed by atoms with Gasteiger partial charge in [0.1, 0.15) is 5.60 Å². The number of carbonyl (C=O) groups excluding carboxylic acids is 1. The summed E-state index contributed by atoms with van der Waals surface area (Å²) in [5.41, 5.74) is -0.368. The molecule has 84 valence electrons. The number of alkyl halides is 1. The minimum atomic E-state index is -1.15. The van der Waals surface area contributed by atoms with Gasteiger partial charge >= 0.3 is 5.97 Å². The number of methoxy groups -OCH3 is 1. The zero-order valence-electron chi connectivity index (χ0n) is 8.79. The number of ether oxygens (including phenoxy) is 2. The van der Waals surface area contributed by atoms with Gasteiger partial charge in [0.2, 0.25) is 0 Å². The van der Waals surface area contributed by atoms with Crippen molar-refractivity contribution in [2.75, 3.05) is 7.11 Å². The second-order valence-electron chi connectivity index (χ2n) is 4.93. The fraction of sp³-hybridized carbons (Fsp3) is 0.909. The van der Waals surface area contributed by atoms with Crippen molar-refractivity contribution in [3.63, 3.8) is 0 Å². The van der Waals surface area contributed by atoms with Crippen LogP contribution in [0.3, 0.4) is 0 Å². The van der Waals surface area contributed by atoms with Crippen molar-refractivity contribution in [3.05, 3.63) is 0 Å². The molecule has 0 bridgehead atoms. The van der Waals surface area contributed by atoms with E-state index in [1.165, 1.54) is 26.4 Å². The van der Waals surface area contributed by atoms with Gasteiger partial charge in [-0.1, -0.05) is 24.4 Å². The first-order valence-electron chi connectivity index (χ1n) is 5.61. The molecule has 2 saturated carbocycles. The molecule has 1 saturated heterocycles. The normalized spacial score (nSPS) is 51.9. The maximum Gasteiger partial charge on any atom is 0.357 e. The Morgan fingerprint density at radius 1 is 1.47 bits per heavy atom. The van der Waals surface area contributed by atoms with E-state index < -0.39 is 11.0 Å². The minimum Gasteiger partial charge on any atom is -0.466 e. The van der Waals surface area contributed by atoms with Crippen LogP contribution >= 0.6 is 11.6 Å². The molecular formula is C11H15ClO3. The lowest BCUT2D eigenvalue weighted by atomic mass is 9.57. The highest BCUT2D eigenvalue weighted by Crippen LogP contribution is 2.70. The van der Waals surface area contributed by atoms with Crippen LogP contribution in [0, 0.1) is 11.8 Å². The lowest BCUT2D eigenvalue weighted by Crippen LogP contribution is -2.51. The van der Waals surface area contributed by atoms with Crippen LogP contribution in [-0.2, 0) is 14.3 Å². The first kappa shape index (κ1) is 9.91. The molecule has 3 nitrogen and oxygen atoms in total. The maximum atomic E-state index is 11.5. The van der Waals surface area contributed by atoms with Gasteiger partial charge in [-0.2, -0.15) is 0 Å². The number of hydrogen-bond donors (Lipinski definition) is 0. The molecule has 3 rings (SSSR count). The van der Waals surface area contributed by atoms with E-state index in [9.17, 15) is 4.79 Å². The van der Waals surface area contributed by atoms with Gasteiger partial charge in [-0.25, -0.2) is 4.79 Å². The Hall–Kier alpha value is -0.280. The predicted molar refractivity (Wildman–Crippen MR) is 54.5 cm³/mol. The summed E-state index contributed by atoms with van der Waals surface area (Å²) >= 11 is 6.18. The topological polar surface area (TPSA) is 38.8 Å². The zero-order valence-corrected chi connectivity index (χ0v) is 9.55. The molecule has 0 aromatic carbocycles. The standard InChI is InChI=1S/C11H15ClO3/c1-14-9(13)11(12)10(15-11)6-7-4-2-3-5-8(7)10/h7-8H,2-6H2,1H3/t7-,8-,10?,11?/m0/s1. The molecule has 1 spiro atoms. The molecule has 15 heavy (non-hydrogen) atoms. The lowest BCUT2D eigenvalue weighted by Gasteiger charge is -2.46. The van der Waals surface area contributed by atoms with Gasteiger partial charge in [0.15, 0.2) is 0 Å². The number of epoxide rings is 1. The lowest BCUT2D eigenvalue weighted by molar-refractivity contribution is -0.144. The summed E-state index contributed by atoms with van der Waals surface area (Å²) in [6.45, 7) is 0. The molecule has 4 atom stereocenters. The van der Waals surface area contributed by atoms with Crippen LogP contribution in [-0.4, -0.2) is 23.7 Å². The molecule has 3 aliphatic rings. The number of rotatable bonds is 1. The molecule has 2 unspecified atom stereocenters. The van der Waals surface area contributed by atoms with E-state index in [-0.39, 0.29) is 5.60 Å². The number of fused-ring (bicyclic) bond motifs is 2. The third-order valence-corrected chi connectivity index (χ3v) is 4.90. The highest BCUT2D eigenvalue weighted by atomic mass is 35.5. The van der Waals surface area contributed by atoms with Gasteiger partial charge < -0.3 is 9.47 Å². The van der Waals surface area contributed by atoms with Crippen LogP contribution in [0.5, 0.6) is 0 Å². The number of carbonyl (C=O) groups is 1. The fourth-order valence-electron chi connectivity index (χ4n) is 3.50. The SMILES string of the molecule is COC(=O)C1(Cl)OC12C[C@@H]1CCCC[C@@H]12. The zero-order chi connectivity index (χ0) is 10.7. The van der Waals surface area contributed by atoms with Crippen molar-refractivity contribution in [2.45, 2.75) is 42.8 Å². The van der Waals surface area contributed by atoms with Crippen LogP contribution in [0.25, 0.3) is 0 Å². The van der Waals surface area contributed by atoms with E-state index in [0.717, 1.165) is 18.8 Å². The Bertz CT molecular complexity index is 319. The molecule has 1 aliphatic heterocycles. The van der Waals surface area contributed by atoms with Gasteiger partial charge in [0, 0.05) is 0 Å². The van der Waals surface area contributed by atoms with Crippen LogP contribution in [0.2, 0.25) is 0 Å². The Kier molecular flexibility index (Phi) is 1.91. The van der Waals surface area contributed by atoms with E-state index in [4.69, 9.17) is 21.1 Å². The van der Waals surface area contributed by atoms with E-state index in [1.54, 1.807) is 0 Å². The summed E-state index contributed by atoms with van der Waals surface area (Å²) in [5.74, 6) is 0.792. The molecule has 1 heterocycles. The minimum absolute atomic E-state index is 0.368. The van der Waals surface area contributed by atoms with Crippen molar-refractivity contribution >= 4 is 17.6 Å². The predicted octanol–water partition coefficient (Wildman–Crippen LogP) is 2.07. The quantitative estimate of drug-likeness (QED) is 0.393. The molecular weight excluding hydrogens is 216 g/mol. The first-order chi connectivity index (χ1) is 7.14. The fourth-order valence-corrected chi connectivity index (χ4v) is 3.94. The summed E-state index contributed by atoms with van der Waals surface area (Å²) < 4.78 is 10.2. The summed E-state index contributed by atoms with van der Waals surface area (Å²) in [6, 6.07) is 0. The van der Waals surface area contributed by atoms with E-state index in [1.807, 2.05) is 0 Å². The van der Waals surface area contributed by atoms with Gasteiger partial charge in [-0.3, -0.25) is 0 Å². The Morgan fingerprint density at radius 3 is 2.87 bits per heavy atom. The van der Waals surface area contributed by atoms with Crippen LogP contribution in [0.15, 0.2) is 0 Å². The van der Waals surface area contributed by atoms with Crippen LogP contribution in [0.4, 0.5) is 0 Å². The van der Waals surface area contributed by atoms with Crippen molar-refractivity contribution < 1.29 is 14.3 Å². The first-order valence-corrected chi connectivity index (χ1v) is 5.99. The number of esters is 1. The molecule has 0 amide bonds. The van der Waals surface area contributed by atoms with Gasteiger partial charge in [0.05, 0.1) is 7.11 Å². The van der Waals surface area contributed by atoms with E-state index in [0.29, 0.717) is 5.92 Å². The van der Waals surface area contributed by atoms with Crippen molar-refractivity contribution in [2.24, 2.45) is 11.8 Å². The summed E-state index contributed by atoms with van der Waals surface area (Å²) in [5, 5.41) is -1.15. The molecule has 0 aromatic heterocycles. The largest absolute Gasteiger partial charge is 0.466 e. The molecule has 4 heteroatoms. The van der Waals surface area contributed by atoms with Gasteiger partial charge in [-0.05, 0) is 31.1 Å². The summed E-state index contributed by atoms with van der Waals surface area (Å²) in [4.78, 5) is 11.5. The average molecular weight is 231 g/mol. The summed E-state index contributed by atoms with van der Waals surface area (Å²) in [6.07, 6.45) is 5.90. The number of hydrogen-bond acceptors (Lipinski definition) is 3. The monoisotopic (exact) mass is 230 g/mol. The third-order valence-electron chi connectivity index (χ3n) is 4.35. The molecule has 0 N–H and O–H groups in total. The highest BCUT2D eigenvalue weighted by molar-refractivity contribution is 6.36. The molecule has 0 aromatic rings.